The van der Waals surface area contributed by atoms with Gasteiger partial charge in [-0.1, -0.05) is 41.5 Å². The van der Waals surface area contributed by atoms with E-state index < -0.39 is 0 Å². The van der Waals surface area contributed by atoms with Crippen LogP contribution in [-0.4, -0.2) is 72.8 Å². The standard InChI is InChI=1S/C15H27N3O2.2C2H6/c1-12(2)14(19)17-8-10-18(11-9-17)15(20)13-4-6-16(3)7-5-13;2*1-2/h12-13H,4-11H2,1-3H3;2*1-2H3. The number of amides is 2. The molecular weight excluding hydrogens is 302 g/mol. The predicted octanol–water partition coefficient (Wildman–Crippen LogP) is 2.71. The summed E-state index contributed by atoms with van der Waals surface area (Å²) < 4.78 is 0. The van der Waals surface area contributed by atoms with Crippen LogP contribution < -0.4 is 0 Å². The lowest BCUT2D eigenvalue weighted by Crippen LogP contribution is -2.53. The lowest BCUT2D eigenvalue weighted by molar-refractivity contribution is -0.144. The van der Waals surface area contributed by atoms with Gasteiger partial charge in [0, 0.05) is 38.0 Å². The second kappa shape index (κ2) is 12.3. The van der Waals surface area contributed by atoms with Crippen molar-refractivity contribution in [1.29, 1.82) is 0 Å². The Labute approximate surface area is 149 Å². The molecule has 2 fully saturated rings. The largest absolute Gasteiger partial charge is 0.339 e. The highest BCUT2D eigenvalue weighted by Gasteiger charge is 2.30. The Morgan fingerprint density at radius 1 is 0.792 bits per heavy atom. The number of likely N-dealkylation sites (tertiary alicyclic amines) is 1. The van der Waals surface area contributed by atoms with Crippen molar-refractivity contribution in [3.05, 3.63) is 0 Å². The first-order valence-electron chi connectivity index (χ1n) is 9.75. The Morgan fingerprint density at radius 2 is 1.21 bits per heavy atom. The number of carbonyl (C=O) groups excluding carboxylic acids is 2. The fourth-order valence-electron chi connectivity index (χ4n) is 3.03. The molecule has 0 radical (unpaired) electrons. The molecule has 0 atom stereocenters. The number of piperazine rings is 1. The van der Waals surface area contributed by atoms with Crippen molar-refractivity contribution in [1.82, 2.24) is 14.7 Å². The van der Waals surface area contributed by atoms with Crippen LogP contribution in [0.5, 0.6) is 0 Å². The van der Waals surface area contributed by atoms with Gasteiger partial charge in [-0.05, 0) is 33.0 Å². The van der Waals surface area contributed by atoms with E-state index in [1.165, 1.54) is 0 Å². The number of hydrogen-bond donors (Lipinski definition) is 0. The van der Waals surface area contributed by atoms with Crippen LogP contribution >= 0.6 is 0 Å². The zero-order valence-electron chi connectivity index (χ0n) is 17.0. The van der Waals surface area contributed by atoms with E-state index >= 15 is 0 Å². The van der Waals surface area contributed by atoms with Crippen molar-refractivity contribution in [3.63, 3.8) is 0 Å². The monoisotopic (exact) mass is 341 g/mol. The predicted molar refractivity (Wildman–Crippen MR) is 101 cm³/mol. The number of carbonyl (C=O) groups is 2. The molecular formula is C19H39N3O2. The third-order valence-electron chi connectivity index (χ3n) is 4.46. The second-order valence-corrected chi connectivity index (χ2v) is 6.38. The molecule has 0 aromatic rings. The van der Waals surface area contributed by atoms with E-state index in [9.17, 15) is 9.59 Å². The lowest BCUT2D eigenvalue weighted by Gasteiger charge is -2.38. The molecule has 0 spiro atoms. The molecule has 0 saturated carbocycles. The van der Waals surface area contributed by atoms with E-state index in [1.807, 2.05) is 51.3 Å². The Bertz CT molecular complexity index is 356. The van der Waals surface area contributed by atoms with Crippen molar-refractivity contribution in [3.8, 4) is 0 Å². The summed E-state index contributed by atoms with van der Waals surface area (Å²) in [6, 6.07) is 0. The summed E-state index contributed by atoms with van der Waals surface area (Å²) in [5, 5.41) is 0. The fraction of sp³-hybridized carbons (Fsp3) is 0.895. The van der Waals surface area contributed by atoms with E-state index in [2.05, 4.69) is 11.9 Å². The Balaban J connectivity index is 0.00000123. The first-order valence-corrected chi connectivity index (χ1v) is 9.75. The van der Waals surface area contributed by atoms with Gasteiger partial charge in [0.15, 0.2) is 0 Å². The molecule has 0 aliphatic carbocycles. The van der Waals surface area contributed by atoms with Gasteiger partial charge in [-0.25, -0.2) is 0 Å². The van der Waals surface area contributed by atoms with Crippen molar-refractivity contribution in [2.45, 2.75) is 54.4 Å². The van der Waals surface area contributed by atoms with Gasteiger partial charge < -0.3 is 14.7 Å². The van der Waals surface area contributed by atoms with Crippen LogP contribution in [0.25, 0.3) is 0 Å². The van der Waals surface area contributed by atoms with Crippen LogP contribution in [0.15, 0.2) is 0 Å². The summed E-state index contributed by atoms with van der Waals surface area (Å²) in [7, 11) is 2.11. The minimum atomic E-state index is 0.0473. The highest BCUT2D eigenvalue weighted by Crippen LogP contribution is 2.19. The third kappa shape index (κ3) is 6.80. The van der Waals surface area contributed by atoms with Crippen LogP contribution in [0.3, 0.4) is 0 Å². The molecule has 2 amide bonds. The molecule has 0 unspecified atom stereocenters. The maximum atomic E-state index is 12.5. The van der Waals surface area contributed by atoms with Crippen molar-refractivity contribution in [2.75, 3.05) is 46.3 Å². The van der Waals surface area contributed by atoms with Gasteiger partial charge >= 0.3 is 0 Å². The SMILES string of the molecule is CC.CC.CC(C)C(=O)N1CCN(C(=O)C2CCN(C)CC2)CC1. The Hall–Kier alpha value is -1.10. The zero-order chi connectivity index (χ0) is 18.7. The molecule has 5 nitrogen and oxygen atoms in total. The number of piperidine rings is 1. The quantitative estimate of drug-likeness (QED) is 0.776. The van der Waals surface area contributed by atoms with Gasteiger partial charge in [0.2, 0.25) is 11.8 Å². The summed E-state index contributed by atoms with van der Waals surface area (Å²) in [5.74, 6) is 0.746. The normalized spacial score (nSPS) is 19.2. The van der Waals surface area contributed by atoms with E-state index in [0.29, 0.717) is 32.1 Å². The summed E-state index contributed by atoms with van der Waals surface area (Å²) in [6.45, 7) is 16.7. The average Bonchev–Trinajstić information content (AvgIpc) is 2.64. The highest BCUT2D eigenvalue weighted by atomic mass is 16.2. The molecule has 2 saturated heterocycles. The van der Waals surface area contributed by atoms with E-state index in [4.69, 9.17) is 0 Å². The maximum absolute atomic E-state index is 12.5. The molecule has 24 heavy (non-hydrogen) atoms. The lowest BCUT2D eigenvalue weighted by atomic mass is 9.95. The van der Waals surface area contributed by atoms with E-state index in [1.54, 1.807) is 0 Å². The molecule has 142 valence electrons. The van der Waals surface area contributed by atoms with Gasteiger partial charge in [-0.3, -0.25) is 9.59 Å². The summed E-state index contributed by atoms with van der Waals surface area (Å²) in [4.78, 5) is 30.5. The summed E-state index contributed by atoms with van der Waals surface area (Å²) in [6.07, 6.45) is 1.95. The molecule has 0 N–H and O–H groups in total. The molecule has 2 aliphatic rings. The van der Waals surface area contributed by atoms with Crippen LogP contribution in [0.2, 0.25) is 0 Å². The van der Waals surface area contributed by atoms with Crippen molar-refractivity contribution in [2.24, 2.45) is 11.8 Å². The molecule has 0 aromatic carbocycles. The van der Waals surface area contributed by atoms with Gasteiger partial charge in [0.05, 0.1) is 0 Å². The molecule has 5 heteroatoms. The Kier molecular flexibility index (Phi) is 11.7. The molecule has 0 bridgehead atoms. The number of rotatable bonds is 2. The van der Waals surface area contributed by atoms with Crippen molar-refractivity contribution < 1.29 is 9.59 Å². The first kappa shape index (κ1) is 22.9. The Morgan fingerprint density at radius 3 is 1.62 bits per heavy atom. The molecule has 2 heterocycles. The van der Waals surface area contributed by atoms with Gasteiger partial charge in [-0.15, -0.1) is 0 Å². The van der Waals surface area contributed by atoms with Gasteiger partial charge in [-0.2, -0.15) is 0 Å². The van der Waals surface area contributed by atoms with Crippen LogP contribution in [0, 0.1) is 11.8 Å². The first-order chi connectivity index (χ1) is 11.5. The van der Waals surface area contributed by atoms with E-state index in [-0.39, 0.29) is 17.7 Å². The number of hydrogen-bond acceptors (Lipinski definition) is 3. The number of nitrogens with zero attached hydrogens (tertiary/aromatic N) is 3. The third-order valence-corrected chi connectivity index (χ3v) is 4.46. The van der Waals surface area contributed by atoms with Gasteiger partial charge in [0.1, 0.15) is 0 Å². The zero-order valence-corrected chi connectivity index (χ0v) is 17.0. The maximum Gasteiger partial charge on any atom is 0.225 e. The minimum Gasteiger partial charge on any atom is -0.339 e. The smallest absolute Gasteiger partial charge is 0.225 e. The molecule has 2 rings (SSSR count). The topological polar surface area (TPSA) is 43.9 Å². The van der Waals surface area contributed by atoms with Crippen molar-refractivity contribution >= 4 is 11.8 Å². The summed E-state index contributed by atoms with van der Waals surface area (Å²) >= 11 is 0. The van der Waals surface area contributed by atoms with Crippen LogP contribution in [0.4, 0.5) is 0 Å². The fourth-order valence-corrected chi connectivity index (χ4v) is 3.03. The van der Waals surface area contributed by atoms with Gasteiger partial charge in [0.25, 0.3) is 0 Å². The van der Waals surface area contributed by atoms with Crippen LogP contribution in [-0.2, 0) is 9.59 Å². The molecule has 2 aliphatic heterocycles. The summed E-state index contributed by atoms with van der Waals surface area (Å²) in [5.41, 5.74) is 0. The highest BCUT2D eigenvalue weighted by molar-refractivity contribution is 5.80. The minimum absolute atomic E-state index is 0.0473. The van der Waals surface area contributed by atoms with E-state index in [0.717, 1.165) is 25.9 Å². The average molecular weight is 342 g/mol. The van der Waals surface area contributed by atoms with Crippen LogP contribution in [0.1, 0.15) is 54.4 Å². The second-order valence-electron chi connectivity index (χ2n) is 6.38. The molecule has 0 aromatic heterocycles.